The SMILES string of the molecule is Cc1c2ccc(c1C)CCc1ccc(c3cn(-c4[c-]c(Oc5[c-]c6c(cc5)c5ccccc5n6-c5cc(C(C)(C)c6ccccc6)c(-c6ccc(C(C)(C)C)cc6)cn5)ccc4)[c](=[Pt])n13)CC2. The van der Waals surface area contributed by atoms with Gasteiger partial charge in [-0.15, -0.1) is 0 Å². The summed E-state index contributed by atoms with van der Waals surface area (Å²) in [6.45, 7) is 16.0. The summed E-state index contributed by atoms with van der Waals surface area (Å²) in [6, 6.07) is 57.7. The number of hydrogen-bond acceptors (Lipinski definition) is 2. The molecule has 0 atom stereocenters. The number of ether oxygens (including phenoxy) is 1. The first-order valence-corrected chi connectivity index (χ1v) is 24.6. The molecule has 6 heteroatoms. The average Bonchev–Trinajstić information content (AvgIpc) is 3.86. The summed E-state index contributed by atoms with van der Waals surface area (Å²) in [5, 5.41) is 2.22. The number of fused-ring (bicyclic) bond motifs is 3. The molecule has 0 amide bonds. The molecule has 2 aliphatic carbocycles. The van der Waals surface area contributed by atoms with Gasteiger partial charge in [-0.1, -0.05) is 101 Å². The minimum absolute atomic E-state index is 0.0604. The second kappa shape index (κ2) is 16.6. The number of hydrogen-bond donors (Lipinski definition) is 0. The third-order valence-electron chi connectivity index (χ3n) is 14.4. The van der Waals surface area contributed by atoms with Gasteiger partial charge in [0.1, 0.15) is 0 Å². The molecule has 14 rings (SSSR count). The van der Waals surface area contributed by atoms with Gasteiger partial charge in [-0.3, -0.25) is 0 Å². The van der Waals surface area contributed by atoms with Gasteiger partial charge < -0.3 is 0 Å². The van der Waals surface area contributed by atoms with Gasteiger partial charge in [0.25, 0.3) is 0 Å². The number of benzene rings is 6. The van der Waals surface area contributed by atoms with Gasteiger partial charge in [0, 0.05) is 17.2 Å². The molecule has 0 unspecified atom stereocenters. The molecule has 0 saturated carbocycles. The summed E-state index contributed by atoms with van der Waals surface area (Å²) in [5.74, 6) is 2.07. The van der Waals surface area contributed by atoms with Gasteiger partial charge in [0.15, 0.2) is 0 Å². The number of rotatable bonds is 7. The molecule has 0 N–H and O–H groups in total. The molecule has 6 aromatic carbocycles. The van der Waals surface area contributed by atoms with Crippen molar-refractivity contribution in [2.45, 2.75) is 85.0 Å². The van der Waals surface area contributed by atoms with Gasteiger partial charge in [-0.25, -0.2) is 0 Å². The molecule has 0 spiro atoms. The summed E-state index contributed by atoms with van der Waals surface area (Å²) in [4.78, 5) is 5.27. The zero-order chi connectivity index (χ0) is 46.2. The summed E-state index contributed by atoms with van der Waals surface area (Å²) in [7, 11) is 0. The van der Waals surface area contributed by atoms with Crippen LogP contribution >= 0.6 is 0 Å². The Morgan fingerprint density at radius 3 is 2.06 bits per heavy atom. The molecule has 336 valence electrons. The van der Waals surface area contributed by atoms with E-state index < -0.39 is 0 Å². The number of para-hydroxylation sites is 1. The number of pyridine rings is 2. The van der Waals surface area contributed by atoms with Crippen molar-refractivity contribution in [3.05, 3.63) is 218 Å². The van der Waals surface area contributed by atoms with Crippen molar-refractivity contribution in [1.82, 2.24) is 18.5 Å². The Morgan fingerprint density at radius 2 is 1.30 bits per heavy atom. The van der Waals surface area contributed by atoms with Crippen LogP contribution in [-0.4, -0.2) is 18.5 Å². The van der Waals surface area contributed by atoms with Crippen LogP contribution in [0.2, 0.25) is 0 Å². The van der Waals surface area contributed by atoms with Crippen molar-refractivity contribution in [2.75, 3.05) is 0 Å². The molecule has 0 fully saturated rings. The van der Waals surface area contributed by atoms with E-state index >= 15 is 0 Å². The van der Waals surface area contributed by atoms with Crippen LogP contribution in [0.3, 0.4) is 0 Å². The van der Waals surface area contributed by atoms with Gasteiger partial charge in [0.2, 0.25) is 0 Å². The van der Waals surface area contributed by atoms with E-state index in [4.69, 9.17) is 9.72 Å². The van der Waals surface area contributed by atoms with Crippen molar-refractivity contribution in [1.29, 1.82) is 0 Å². The molecule has 5 nitrogen and oxygen atoms in total. The molecule has 10 aromatic rings. The van der Waals surface area contributed by atoms with Crippen molar-refractivity contribution >= 4 is 27.3 Å². The maximum absolute atomic E-state index is 6.72. The van der Waals surface area contributed by atoms with Crippen LogP contribution in [-0.2, 0) is 55.9 Å². The fraction of sp³-hybridized carbons (Fsp3) is 0.213. The fourth-order valence-corrected chi connectivity index (χ4v) is 11.3. The number of nitrogens with zero attached hydrogens (tertiary/aromatic N) is 4. The van der Waals surface area contributed by atoms with Crippen molar-refractivity contribution in [3.8, 4) is 34.1 Å². The predicted octanol–water partition coefficient (Wildman–Crippen LogP) is 14.5. The number of imidazole rings is 1. The molecular formula is C61H54N4OPt-2. The molecular weight excluding hydrogens is 1000 g/mol. The van der Waals surface area contributed by atoms with E-state index in [-0.39, 0.29) is 10.8 Å². The zero-order valence-corrected chi connectivity index (χ0v) is 41.5. The topological polar surface area (TPSA) is 36.4 Å². The third kappa shape index (κ3) is 7.62. The molecule has 6 heterocycles. The van der Waals surface area contributed by atoms with Crippen molar-refractivity contribution < 1.29 is 24.1 Å². The summed E-state index contributed by atoms with van der Waals surface area (Å²) in [5.41, 5.74) is 18.3. The van der Waals surface area contributed by atoms with E-state index in [1.807, 2.05) is 12.1 Å². The second-order valence-electron chi connectivity index (χ2n) is 19.8. The molecule has 4 bridgehead atoms. The van der Waals surface area contributed by atoms with Gasteiger partial charge in [-0.05, 0) is 27.7 Å². The molecule has 0 radical (unpaired) electrons. The molecule has 4 aliphatic rings. The van der Waals surface area contributed by atoms with Crippen LogP contribution < -0.4 is 4.74 Å². The molecule has 67 heavy (non-hydrogen) atoms. The Balaban J connectivity index is 0.986. The summed E-state index contributed by atoms with van der Waals surface area (Å²) >= 11 is 2.49. The first-order chi connectivity index (χ1) is 32.3. The van der Waals surface area contributed by atoms with Crippen molar-refractivity contribution in [3.63, 3.8) is 0 Å². The first kappa shape index (κ1) is 43.0. The Kier molecular flexibility index (Phi) is 10.7. The Hall–Kier alpha value is -6.55. The minimum atomic E-state index is -0.335. The fourth-order valence-electron chi connectivity index (χ4n) is 10.3. The quantitative estimate of drug-likeness (QED) is 0.149. The van der Waals surface area contributed by atoms with E-state index in [1.165, 1.54) is 55.7 Å². The Bertz CT molecular complexity index is 3600. The van der Waals surface area contributed by atoms with Gasteiger partial charge in [0.05, 0.1) is 0 Å². The molecule has 0 saturated heterocycles. The van der Waals surface area contributed by atoms with E-state index in [0.717, 1.165) is 73.9 Å². The Morgan fingerprint density at radius 1 is 0.612 bits per heavy atom. The third-order valence-corrected chi connectivity index (χ3v) is 15.5. The number of aryl methyl sites for hydroxylation is 4. The maximum atomic E-state index is 6.72. The van der Waals surface area contributed by atoms with Crippen LogP contribution in [0.25, 0.3) is 50.0 Å². The predicted molar refractivity (Wildman–Crippen MR) is 270 cm³/mol. The summed E-state index contributed by atoms with van der Waals surface area (Å²) < 4.78 is 14.8. The van der Waals surface area contributed by atoms with E-state index in [1.54, 1.807) is 0 Å². The zero-order valence-electron chi connectivity index (χ0n) is 39.3. The molecule has 4 aromatic heterocycles. The van der Waals surface area contributed by atoms with Crippen LogP contribution in [0.15, 0.2) is 152 Å². The Labute approximate surface area is 404 Å². The first-order valence-electron chi connectivity index (χ1n) is 23.4. The molecule has 2 aliphatic heterocycles. The van der Waals surface area contributed by atoms with E-state index in [9.17, 15) is 0 Å². The van der Waals surface area contributed by atoms with Gasteiger partial charge >= 0.3 is 261 Å². The van der Waals surface area contributed by atoms with E-state index in [2.05, 4.69) is 233 Å². The summed E-state index contributed by atoms with van der Waals surface area (Å²) in [6.07, 6.45) is 8.30. The average molecular weight is 1050 g/mol. The van der Waals surface area contributed by atoms with E-state index in [0.29, 0.717) is 11.5 Å². The van der Waals surface area contributed by atoms with Crippen LogP contribution in [0.4, 0.5) is 0 Å². The second-order valence-corrected chi connectivity index (χ2v) is 20.8. The standard InChI is InChI=1S/C61H54N4O.Pt/c1-40-41(2)43-21-20-42(40)22-23-45-27-31-48(30-26-43)64-39-63(38-58(45)64)49-16-13-17-50(34-49)66-51-32-33-53-52-18-11-12-19-56(52)65(57(53)35-51)59-36-55(61(6,7)47-14-9-8-10-15-47)54(37-62-59)44-24-28-46(29-25-44)60(3,4)5;/h8-21,24-25,27-29,31-33,36-38H,22-23,26,30H2,1-7H3;/q-2;. The normalized spacial score (nSPS) is 13.1. The monoisotopic (exact) mass is 1050 g/mol. The van der Waals surface area contributed by atoms with Crippen LogP contribution in [0, 0.1) is 29.8 Å². The van der Waals surface area contributed by atoms with Gasteiger partial charge in [-0.2, -0.15) is 0 Å². The van der Waals surface area contributed by atoms with Crippen LogP contribution in [0.5, 0.6) is 11.5 Å². The number of aromatic nitrogens is 4. The van der Waals surface area contributed by atoms with Crippen LogP contribution in [0.1, 0.15) is 84.8 Å². The van der Waals surface area contributed by atoms with Crippen molar-refractivity contribution in [2.24, 2.45) is 0 Å².